The third-order valence-electron chi connectivity index (χ3n) is 3.69. The zero-order valence-electron chi connectivity index (χ0n) is 14.6. The molecule has 0 aliphatic heterocycles. The van der Waals surface area contributed by atoms with Gasteiger partial charge in [-0.1, -0.05) is 6.08 Å². The molecule has 6 nitrogen and oxygen atoms in total. The summed E-state index contributed by atoms with van der Waals surface area (Å²) in [5.41, 5.74) is 2.08. The fourth-order valence-corrected chi connectivity index (χ4v) is 2.34. The number of hydrogen-bond donors (Lipinski definition) is 1. The van der Waals surface area contributed by atoms with Gasteiger partial charge in [-0.2, -0.15) is 0 Å². The molecule has 0 fully saturated rings. The number of nitrogens with zero attached hydrogens (tertiary/aromatic N) is 2. The molecule has 1 heterocycles. The van der Waals surface area contributed by atoms with Gasteiger partial charge >= 0.3 is 12.0 Å². The Morgan fingerprint density at radius 3 is 2.56 bits per heavy atom. The molecule has 0 spiro atoms. The number of urea groups is 1. The van der Waals surface area contributed by atoms with Crippen LogP contribution in [-0.2, 0) is 18.3 Å². The molecule has 6 heteroatoms. The van der Waals surface area contributed by atoms with Gasteiger partial charge in [0, 0.05) is 31.2 Å². The molecule has 1 N–H and O–H groups in total. The van der Waals surface area contributed by atoms with E-state index in [1.54, 1.807) is 42.2 Å². The number of nitrogens with one attached hydrogen (secondary N) is 1. The van der Waals surface area contributed by atoms with E-state index in [9.17, 15) is 9.59 Å². The first kappa shape index (κ1) is 18.3. The van der Waals surface area contributed by atoms with Gasteiger partial charge in [-0.3, -0.25) is 0 Å². The standard InChI is InChI=1S/C19H23N3O3/c1-4-12-22(14-17-7-6-13-21(17)3)19(24)20-16-10-8-15(9-11-16)18(23)25-5-2/h4,6-11,13H,1,5,12,14H2,2-3H3,(H,20,24). The second kappa shape index (κ2) is 8.73. The maximum Gasteiger partial charge on any atom is 0.338 e. The SMILES string of the molecule is C=CCN(Cc1cccn1C)C(=O)Nc1ccc(C(=O)OCC)cc1. The summed E-state index contributed by atoms with van der Waals surface area (Å²) >= 11 is 0. The van der Waals surface area contributed by atoms with E-state index in [4.69, 9.17) is 4.74 Å². The summed E-state index contributed by atoms with van der Waals surface area (Å²) in [6.07, 6.45) is 3.62. The number of carbonyl (C=O) groups is 2. The molecule has 0 unspecified atom stereocenters. The van der Waals surface area contributed by atoms with Crippen molar-refractivity contribution in [3.8, 4) is 0 Å². The summed E-state index contributed by atoms with van der Waals surface area (Å²) in [7, 11) is 1.94. The number of esters is 1. The van der Waals surface area contributed by atoms with Crippen LogP contribution in [-0.4, -0.2) is 34.6 Å². The molecule has 1 aromatic heterocycles. The maximum atomic E-state index is 12.5. The van der Waals surface area contributed by atoms with Gasteiger partial charge in [0.05, 0.1) is 18.7 Å². The van der Waals surface area contributed by atoms with Gasteiger partial charge in [0.15, 0.2) is 0 Å². The first-order valence-corrected chi connectivity index (χ1v) is 8.09. The van der Waals surface area contributed by atoms with Crippen molar-refractivity contribution in [1.29, 1.82) is 0 Å². The number of anilines is 1. The lowest BCUT2D eigenvalue weighted by Crippen LogP contribution is -2.35. The van der Waals surface area contributed by atoms with Gasteiger partial charge in [-0.15, -0.1) is 6.58 Å². The highest BCUT2D eigenvalue weighted by Gasteiger charge is 2.14. The third-order valence-corrected chi connectivity index (χ3v) is 3.69. The molecule has 132 valence electrons. The van der Waals surface area contributed by atoms with Crippen LogP contribution in [0.5, 0.6) is 0 Å². The van der Waals surface area contributed by atoms with Crippen molar-refractivity contribution in [3.63, 3.8) is 0 Å². The molecule has 2 aromatic rings. The lowest BCUT2D eigenvalue weighted by Gasteiger charge is -2.22. The molecule has 0 atom stereocenters. The topological polar surface area (TPSA) is 63.6 Å². The van der Waals surface area contributed by atoms with Gasteiger partial charge in [0.2, 0.25) is 0 Å². The van der Waals surface area contributed by atoms with E-state index in [-0.39, 0.29) is 12.0 Å². The van der Waals surface area contributed by atoms with Gasteiger partial charge in [-0.05, 0) is 43.3 Å². The van der Waals surface area contributed by atoms with Crippen LogP contribution in [0, 0.1) is 0 Å². The van der Waals surface area contributed by atoms with Gasteiger partial charge in [-0.25, -0.2) is 9.59 Å². The van der Waals surface area contributed by atoms with Gasteiger partial charge < -0.3 is 19.5 Å². The Morgan fingerprint density at radius 2 is 2.00 bits per heavy atom. The monoisotopic (exact) mass is 341 g/mol. The maximum absolute atomic E-state index is 12.5. The molecule has 2 rings (SSSR count). The van der Waals surface area contributed by atoms with E-state index < -0.39 is 0 Å². The highest BCUT2D eigenvalue weighted by molar-refractivity contribution is 5.92. The Hall–Kier alpha value is -3.02. The first-order valence-electron chi connectivity index (χ1n) is 8.09. The molecule has 0 saturated heterocycles. The Labute approximate surface area is 147 Å². The molecule has 0 aliphatic carbocycles. The lowest BCUT2D eigenvalue weighted by atomic mass is 10.2. The van der Waals surface area contributed by atoms with E-state index >= 15 is 0 Å². The Bertz CT molecular complexity index is 735. The number of amides is 2. The van der Waals surface area contributed by atoms with Crippen molar-refractivity contribution >= 4 is 17.7 Å². The first-order chi connectivity index (χ1) is 12.0. The van der Waals surface area contributed by atoms with Crippen LogP contribution in [0.1, 0.15) is 23.0 Å². The minimum Gasteiger partial charge on any atom is -0.462 e. The van der Waals surface area contributed by atoms with Crippen LogP contribution in [0.4, 0.5) is 10.5 Å². The van der Waals surface area contributed by atoms with Crippen molar-refractivity contribution in [1.82, 2.24) is 9.47 Å². The molecule has 0 aliphatic rings. The summed E-state index contributed by atoms with van der Waals surface area (Å²) in [5.74, 6) is -0.377. The van der Waals surface area contributed by atoms with E-state index in [1.807, 2.05) is 29.9 Å². The predicted octanol–water partition coefficient (Wildman–Crippen LogP) is 3.42. The van der Waals surface area contributed by atoms with Crippen molar-refractivity contribution in [3.05, 3.63) is 66.5 Å². The Kier molecular flexibility index (Phi) is 6.39. The van der Waals surface area contributed by atoms with Gasteiger partial charge in [0.1, 0.15) is 0 Å². The van der Waals surface area contributed by atoms with E-state index in [1.165, 1.54) is 0 Å². The number of ether oxygens (including phenoxy) is 1. The summed E-state index contributed by atoms with van der Waals surface area (Å²) in [6.45, 7) is 6.70. The number of carbonyl (C=O) groups excluding carboxylic acids is 2. The molecular formula is C19H23N3O3. The summed E-state index contributed by atoms with van der Waals surface area (Å²) < 4.78 is 6.91. The molecule has 2 amide bonds. The van der Waals surface area contributed by atoms with Crippen molar-refractivity contribution in [2.24, 2.45) is 7.05 Å². The van der Waals surface area contributed by atoms with Gasteiger partial charge in [0.25, 0.3) is 0 Å². The highest BCUT2D eigenvalue weighted by Crippen LogP contribution is 2.13. The fraction of sp³-hybridized carbons (Fsp3) is 0.263. The number of rotatable bonds is 7. The largest absolute Gasteiger partial charge is 0.462 e. The van der Waals surface area contributed by atoms with Crippen LogP contribution in [0.15, 0.2) is 55.3 Å². The molecule has 1 aromatic carbocycles. The summed E-state index contributed by atoms with van der Waals surface area (Å²) in [5, 5.41) is 2.83. The number of hydrogen-bond acceptors (Lipinski definition) is 3. The van der Waals surface area contributed by atoms with Crippen LogP contribution >= 0.6 is 0 Å². The number of benzene rings is 1. The smallest absolute Gasteiger partial charge is 0.338 e. The quantitative estimate of drug-likeness (QED) is 0.620. The zero-order valence-corrected chi connectivity index (χ0v) is 14.6. The second-order valence-electron chi connectivity index (χ2n) is 5.51. The Balaban J connectivity index is 2.03. The lowest BCUT2D eigenvalue weighted by molar-refractivity contribution is 0.0526. The summed E-state index contributed by atoms with van der Waals surface area (Å²) in [6, 6.07) is 10.3. The van der Waals surface area contributed by atoms with Crippen molar-refractivity contribution in [2.75, 3.05) is 18.5 Å². The minimum absolute atomic E-state index is 0.231. The van der Waals surface area contributed by atoms with Crippen LogP contribution in [0.3, 0.4) is 0 Å². The third kappa shape index (κ3) is 4.97. The minimum atomic E-state index is -0.377. The van der Waals surface area contributed by atoms with E-state index in [0.29, 0.717) is 30.9 Å². The number of aryl methyl sites for hydroxylation is 1. The van der Waals surface area contributed by atoms with Crippen LogP contribution < -0.4 is 5.32 Å². The van der Waals surface area contributed by atoms with Crippen LogP contribution in [0.2, 0.25) is 0 Å². The average molecular weight is 341 g/mol. The molecule has 0 bridgehead atoms. The summed E-state index contributed by atoms with van der Waals surface area (Å²) in [4.78, 5) is 25.8. The van der Waals surface area contributed by atoms with Crippen molar-refractivity contribution in [2.45, 2.75) is 13.5 Å². The molecule has 0 saturated carbocycles. The molecular weight excluding hydrogens is 318 g/mol. The second-order valence-corrected chi connectivity index (χ2v) is 5.51. The normalized spacial score (nSPS) is 10.2. The Morgan fingerprint density at radius 1 is 1.28 bits per heavy atom. The van der Waals surface area contributed by atoms with Crippen molar-refractivity contribution < 1.29 is 14.3 Å². The molecule has 25 heavy (non-hydrogen) atoms. The molecule has 0 radical (unpaired) electrons. The number of aromatic nitrogens is 1. The predicted molar refractivity (Wildman–Crippen MR) is 97.4 cm³/mol. The van der Waals surface area contributed by atoms with E-state index in [2.05, 4.69) is 11.9 Å². The van der Waals surface area contributed by atoms with Crippen LogP contribution in [0.25, 0.3) is 0 Å². The fourth-order valence-electron chi connectivity index (χ4n) is 2.34. The average Bonchev–Trinajstić information content (AvgIpc) is 3.00. The van der Waals surface area contributed by atoms with E-state index in [0.717, 1.165) is 5.69 Å². The zero-order chi connectivity index (χ0) is 18.2. The highest BCUT2D eigenvalue weighted by atomic mass is 16.5.